The lowest BCUT2D eigenvalue weighted by Crippen LogP contribution is -2.06. The van der Waals surface area contributed by atoms with E-state index in [0.717, 1.165) is 17.2 Å². The number of nitrogens with zero attached hydrogens (tertiary/aromatic N) is 5. The van der Waals surface area contributed by atoms with Gasteiger partial charge in [0, 0.05) is 25.5 Å². The zero-order valence-electron chi connectivity index (χ0n) is 9.41. The van der Waals surface area contributed by atoms with E-state index < -0.39 is 0 Å². The highest BCUT2D eigenvalue weighted by molar-refractivity contribution is 5.45. The van der Waals surface area contributed by atoms with E-state index in [1.165, 1.54) is 0 Å². The van der Waals surface area contributed by atoms with Crippen molar-refractivity contribution in [3.63, 3.8) is 0 Å². The minimum absolute atomic E-state index is 0.702. The Hall–Kier alpha value is -2.37. The maximum absolute atomic E-state index is 4.42. The first-order chi connectivity index (χ1) is 8.33. The standard InChI is InChI=1S/C11H12N6/c1-16-9(2-5-13-16)8-12-10-4-7-17-11(15-10)3-6-14-17/h2-7H,8H2,1H3,(H,12,15). The molecule has 0 aliphatic heterocycles. The summed E-state index contributed by atoms with van der Waals surface area (Å²) in [4.78, 5) is 4.42. The normalized spacial score (nSPS) is 10.9. The molecule has 0 aliphatic carbocycles. The molecule has 6 heteroatoms. The fraction of sp³-hybridized carbons (Fsp3) is 0.182. The minimum Gasteiger partial charge on any atom is -0.364 e. The Balaban J connectivity index is 1.78. The van der Waals surface area contributed by atoms with Gasteiger partial charge in [0.1, 0.15) is 5.82 Å². The lowest BCUT2D eigenvalue weighted by Gasteiger charge is -2.05. The summed E-state index contributed by atoms with van der Waals surface area (Å²) in [6, 6.07) is 5.75. The van der Waals surface area contributed by atoms with Gasteiger partial charge in [0.25, 0.3) is 0 Å². The Kier molecular flexibility index (Phi) is 2.25. The summed E-state index contributed by atoms with van der Waals surface area (Å²) >= 11 is 0. The molecule has 0 bridgehead atoms. The molecular formula is C11H12N6. The van der Waals surface area contributed by atoms with E-state index in [4.69, 9.17) is 0 Å². The number of nitrogens with one attached hydrogen (secondary N) is 1. The van der Waals surface area contributed by atoms with E-state index in [1.807, 2.05) is 36.1 Å². The van der Waals surface area contributed by atoms with Crippen LogP contribution < -0.4 is 5.32 Å². The van der Waals surface area contributed by atoms with Crippen molar-refractivity contribution < 1.29 is 0 Å². The van der Waals surface area contributed by atoms with Crippen LogP contribution in [0.5, 0.6) is 0 Å². The first-order valence-corrected chi connectivity index (χ1v) is 5.34. The number of rotatable bonds is 3. The van der Waals surface area contributed by atoms with Crippen molar-refractivity contribution >= 4 is 11.5 Å². The third kappa shape index (κ3) is 1.84. The average Bonchev–Trinajstić information content (AvgIpc) is 2.94. The molecule has 0 radical (unpaired) electrons. The van der Waals surface area contributed by atoms with Gasteiger partial charge >= 0.3 is 0 Å². The molecular weight excluding hydrogens is 216 g/mol. The van der Waals surface area contributed by atoms with Crippen LogP contribution in [0.3, 0.4) is 0 Å². The van der Waals surface area contributed by atoms with Crippen LogP contribution in [0.15, 0.2) is 36.8 Å². The highest BCUT2D eigenvalue weighted by atomic mass is 15.3. The summed E-state index contributed by atoms with van der Waals surface area (Å²) in [7, 11) is 1.92. The van der Waals surface area contributed by atoms with Crippen molar-refractivity contribution in [1.29, 1.82) is 0 Å². The summed E-state index contributed by atoms with van der Waals surface area (Å²) < 4.78 is 3.57. The molecule has 6 nitrogen and oxygen atoms in total. The summed E-state index contributed by atoms with van der Waals surface area (Å²) in [5.74, 6) is 0.833. The molecule has 3 heterocycles. The van der Waals surface area contributed by atoms with E-state index in [1.54, 1.807) is 16.9 Å². The maximum atomic E-state index is 4.42. The van der Waals surface area contributed by atoms with Gasteiger partial charge in [-0.25, -0.2) is 9.50 Å². The molecule has 0 aliphatic rings. The monoisotopic (exact) mass is 228 g/mol. The average molecular weight is 228 g/mol. The SMILES string of the molecule is Cn1nccc1CNc1ccn2nccc2n1. The third-order valence-electron chi connectivity index (χ3n) is 2.63. The van der Waals surface area contributed by atoms with Gasteiger partial charge < -0.3 is 5.32 Å². The van der Waals surface area contributed by atoms with Crippen molar-refractivity contribution in [2.45, 2.75) is 6.54 Å². The molecule has 1 N–H and O–H groups in total. The summed E-state index contributed by atoms with van der Waals surface area (Å²) in [6.45, 7) is 0.702. The molecule has 0 fully saturated rings. The molecule has 0 atom stereocenters. The van der Waals surface area contributed by atoms with Crippen LogP contribution in [0, 0.1) is 0 Å². The Bertz CT molecular complexity index is 638. The Morgan fingerprint density at radius 2 is 2.06 bits per heavy atom. The molecule has 17 heavy (non-hydrogen) atoms. The Morgan fingerprint density at radius 1 is 1.18 bits per heavy atom. The molecule has 3 aromatic rings. The minimum atomic E-state index is 0.702. The van der Waals surface area contributed by atoms with Crippen LogP contribution in [-0.2, 0) is 13.6 Å². The van der Waals surface area contributed by atoms with Crippen LogP contribution in [0.25, 0.3) is 5.65 Å². The van der Waals surface area contributed by atoms with Crippen LogP contribution in [0.2, 0.25) is 0 Å². The van der Waals surface area contributed by atoms with Gasteiger partial charge in [-0.2, -0.15) is 10.2 Å². The van der Waals surface area contributed by atoms with Crippen LogP contribution in [-0.4, -0.2) is 24.4 Å². The fourth-order valence-electron chi connectivity index (χ4n) is 1.67. The van der Waals surface area contributed by atoms with Crippen molar-refractivity contribution in [2.24, 2.45) is 7.05 Å². The van der Waals surface area contributed by atoms with Gasteiger partial charge in [0.15, 0.2) is 5.65 Å². The van der Waals surface area contributed by atoms with Crippen molar-refractivity contribution in [2.75, 3.05) is 5.32 Å². The molecule has 0 unspecified atom stereocenters. The maximum Gasteiger partial charge on any atom is 0.157 e. The zero-order valence-corrected chi connectivity index (χ0v) is 9.41. The smallest absolute Gasteiger partial charge is 0.157 e. The van der Waals surface area contributed by atoms with E-state index in [2.05, 4.69) is 20.5 Å². The van der Waals surface area contributed by atoms with Crippen molar-refractivity contribution in [1.82, 2.24) is 24.4 Å². The number of hydrogen-bond acceptors (Lipinski definition) is 4. The number of aromatic nitrogens is 5. The molecule has 0 spiro atoms. The molecule has 0 amide bonds. The van der Waals surface area contributed by atoms with Crippen LogP contribution in [0.1, 0.15) is 5.69 Å². The fourth-order valence-corrected chi connectivity index (χ4v) is 1.67. The highest BCUT2D eigenvalue weighted by Gasteiger charge is 2.00. The second kappa shape index (κ2) is 3.89. The van der Waals surface area contributed by atoms with Gasteiger partial charge in [0.05, 0.1) is 18.4 Å². The summed E-state index contributed by atoms with van der Waals surface area (Å²) in [6.07, 6.45) is 5.39. The summed E-state index contributed by atoms with van der Waals surface area (Å²) in [5, 5.41) is 11.5. The predicted molar refractivity (Wildman–Crippen MR) is 63.5 cm³/mol. The van der Waals surface area contributed by atoms with Gasteiger partial charge in [0.2, 0.25) is 0 Å². The van der Waals surface area contributed by atoms with E-state index >= 15 is 0 Å². The van der Waals surface area contributed by atoms with Crippen LogP contribution >= 0.6 is 0 Å². The third-order valence-corrected chi connectivity index (χ3v) is 2.63. The lowest BCUT2D eigenvalue weighted by atomic mass is 10.4. The topological polar surface area (TPSA) is 60.0 Å². The molecule has 0 aromatic carbocycles. The number of fused-ring (bicyclic) bond motifs is 1. The zero-order chi connectivity index (χ0) is 11.7. The van der Waals surface area contributed by atoms with Crippen molar-refractivity contribution in [3.05, 3.63) is 42.5 Å². The van der Waals surface area contributed by atoms with E-state index in [9.17, 15) is 0 Å². The van der Waals surface area contributed by atoms with Gasteiger partial charge in [-0.15, -0.1) is 0 Å². The van der Waals surface area contributed by atoms with E-state index in [-0.39, 0.29) is 0 Å². The van der Waals surface area contributed by atoms with Gasteiger partial charge in [-0.3, -0.25) is 4.68 Å². The quantitative estimate of drug-likeness (QED) is 0.728. The number of anilines is 1. The highest BCUT2D eigenvalue weighted by Crippen LogP contribution is 2.07. The van der Waals surface area contributed by atoms with Gasteiger partial charge in [-0.1, -0.05) is 0 Å². The van der Waals surface area contributed by atoms with Gasteiger partial charge in [-0.05, 0) is 12.1 Å². The second-order valence-electron chi connectivity index (χ2n) is 3.75. The van der Waals surface area contributed by atoms with Crippen LogP contribution in [0.4, 0.5) is 5.82 Å². The second-order valence-corrected chi connectivity index (χ2v) is 3.75. The number of hydrogen-bond donors (Lipinski definition) is 1. The first kappa shape index (κ1) is 9.83. The molecule has 86 valence electrons. The van der Waals surface area contributed by atoms with Crippen molar-refractivity contribution in [3.8, 4) is 0 Å². The molecule has 3 aromatic heterocycles. The largest absolute Gasteiger partial charge is 0.364 e. The predicted octanol–water partition coefficient (Wildman–Crippen LogP) is 1.07. The lowest BCUT2D eigenvalue weighted by molar-refractivity contribution is 0.720. The summed E-state index contributed by atoms with van der Waals surface area (Å²) in [5.41, 5.74) is 1.94. The Morgan fingerprint density at radius 3 is 2.88 bits per heavy atom. The molecule has 0 saturated heterocycles. The molecule has 3 rings (SSSR count). The first-order valence-electron chi connectivity index (χ1n) is 5.34. The van der Waals surface area contributed by atoms with E-state index in [0.29, 0.717) is 6.54 Å². The molecule has 0 saturated carbocycles. The number of aryl methyl sites for hydroxylation is 1. The Labute approximate surface area is 97.9 Å².